The van der Waals surface area contributed by atoms with Gasteiger partial charge in [-0.05, 0) is 59.7 Å². The van der Waals surface area contributed by atoms with Crippen molar-refractivity contribution >= 4 is 54.7 Å². The standard InChI is InChI=1S/C58H36N6O/c1-4-15-39(16-5-1)55-60-56(40-17-6-2-7-18-40)62-57(61-55)41-29-27-37(28-30-41)38-31-33-43(34-32-38)63-49-24-12-10-21-44(49)46-35-36-47-45-22-11-13-25-50(45)64(53(47)52(46)63)51-26-14-23-48-54(51)65-58(59-48)42-19-8-3-9-20-42/h1-36H. The Balaban J connectivity index is 0.944. The number of nitrogens with zero attached hydrogens (tertiary/aromatic N) is 6. The van der Waals surface area contributed by atoms with Crippen LogP contribution in [-0.2, 0) is 0 Å². The Bertz CT molecular complexity index is 3850. The fourth-order valence-electron chi connectivity index (χ4n) is 9.39. The van der Waals surface area contributed by atoms with Gasteiger partial charge in [0.05, 0.1) is 27.8 Å². The van der Waals surface area contributed by atoms with Gasteiger partial charge in [0.15, 0.2) is 23.1 Å². The van der Waals surface area contributed by atoms with Gasteiger partial charge in [-0.15, -0.1) is 0 Å². The quantitative estimate of drug-likeness (QED) is 0.160. The van der Waals surface area contributed by atoms with Crippen molar-refractivity contribution in [2.45, 2.75) is 0 Å². The first kappa shape index (κ1) is 36.7. The maximum absolute atomic E-state index is 6.68. The number of para-hydroxylation sites is 3. The summed E-state index contributed by atoms with van der Waals surface area (Å²) in [5.74, 6) is 2.52. The zero-order valence-corrected chi connectivity index (χ0v) is 34.9. The molecule has 0 saturated heterocycles. The number of hydrogen-bond acceptors (Lipinski definition) is 5. The highest BCUT2D eigenvalue weighted by Crippen LogP contribution is 2.43. The molecule has 9 aromatic carbocycles. The zero-order valence-electron chi connectivity index (χ0n) is 34.9. The number of fused-ring (bicyclic) bond motifs is 8. The largest absolute Gasteiger partial charge is 0.434 e. The van der Waals surface area contributed by atoms with E-state index < -0.39 is 0 Å². The highest BCUT2D eigenvalue weighted by Gasteiger charge is 2.23. The summed E-state index contributed by atoms with van der Waals surface area (Å²) < 4.78 is 11.5. The fourth-order valence-corrected chi connectivity index (χ4v) is 9.39. The van der Waals surface area contributed by atoms with Gasteiger partial charge in [0.1, 0.15) is 5.52 Å². The Morgan fingerprint density at radius 1 is 0.308 bits per heavy atom. The van der Waals surface area contributed by atoms with Crippen LogP contribution in [0.1, 0.15) is 0 Å². The minimum atomic E-state index is 0.600. The molecule has 13 aromatic rings. The highest BCUT2D eigenvalue weighted by molar-refractivity contribution is 6.24. The van der Waals surface area contributed by atoms with Crippen molar-refractivity contribution in [3.8, 4) is 68.1 Å². The molecule has 0 atom stereocenters. The van der Waals surface area contributed by atoms with Crippen molar-refractivity contribution in [3.05, 3.63) is 218 Å². The molecule has 65 heavy (non-hydrogen) atoms. The fraction of sp³-hybridized carbons (Fsp3) is 0. The first-order valence-corrected chi connectivity index (χ1v) is 21.7. The van der Waals surface area contributed by atoms with E-state index in [1.54, 1.807) is 0 Å². The van der Waals surface area contributed by atoms with Gasteiger partial charge in [-0.25, -0.2) is 19.9 Å². The molecule has 304 valence electrons. The van der Waals surface area contributed by atoms with Gasteiger partial charge in [0, 0.05) is 49.5 Å². The molecule has 13 rings (SSSR count). The number of hydrogen-bond donors (Lipinski definition) is 0. The lowest BCUT2D eigenvalue weighted by atomic mass is 10.0. The van der Waals surface area contributed by atoms with E-state index in [-0.39, 0.29) is 0 Å². The second-order valence-electron chi connectivity index (χ2n) is 16.2. The predicted molar refractivity (Wildman–Crippen MR) is 263 cm³/mol. The molecular formula is C58H36N6O. The van der Waals surface area contributed by atoms with Crippen molar-refractivity contribution in [1.29, 1.82) is 0 Å². The topological polar surface area (TPSA) is 74.6 Å². The maximum atomic E-state index is 6.68. The summed E-state index contributed by atoms with van der Waals surface area (Å²) in [6.07, 6.45) is 0. The Morgan fingerprint density at radius 2 is 0.754 bits per heavy atom. The molecule has 4 aromatic heterocycles. The average molecular weight is 833 g/mol. The molecular weight excluding hydrogens is 797 g/mol. The van der Waals surface area contributed by atoms with Gasteiger partial charge >= 0.3 is 0 Å². The van der Waals surface area contributed by atoms with E-state index in [4.69, 9.17) is 24.4 Å². The number of rotatable bonds is 7. The van der Waals surface area contributed by atoms with Crippen LogP contribution in [0.2, 0.25) is 0 Å². The second kappa shape index (κ2) is 14.9. The van der Waals surface area contributed by atoms with Crippen LogP contribution < -0.4 is 0 Å². The van der Waals surface area contributed by atoms with Crippen molar-refractivity contribution < 1.29 is 4.42 Å². The van der Waals surface area contributed by atoms with Crippen LogP contribution in [0.25, 0.3) is 123 Å². The van der Waals surface area contributed by atoms with Gasteiger partial charge in [-0.3, -0.25) is 0 Å². The van der Waals surface area contributed by atoms with E-state index in [2.05, 4.69) is 130 Å². The van der Waals surface area contributed by atoms with Crippen molar-refractivity contribution in [2.75, 3.05) is 0 Å². The summed E-state index contributed by atoms with van der Waals surface area (Å²) in [5.41, 5.74) is 14.0. The molecule has 0 radical (unpaired) electrons. The molecule has 0 saturated carbocycles. The molecule has 0 amide bonds. The lowest BCUT2D eigenvalue weighted by Gasteiger charge is -2.13. The van der Waals surface area contributed by atoms with Crippen LogP contribution in [0.15, 0.2) is 223 Å². The number of benzene rings is 9. The third kappa shape index (κ3) is 6.05. The summed E-state index contributed by atoms with van der Waals surface area (Å²) in [4.78, 5) is 19.7. The normalized spacial score (nSPS) is 11.7. The lowest BCUT2D eigenvalue weighted by molar-refractivity contribution is 0.618. The molecule has 0 aliphatic carbocycles. The van der Waals surface area contributed by atoms with Crippen molar-refractivity contribution in [1.82, 2.24) is 29.1 Å². The number of oxazole rings is 1. The van der Waals surface area contributed by atoms with Gasteiger partial charge < -0.3 is 13.6 Å². The monoisotopic (exact) mass is 832 g/mol. The molecule has 0 aliphatic rings. The highest BCUT2D eigenvalue weighted by atomic mass is 16.3. The third-order valence-corrected chi connectivity index (χ3v) is 12.4. The van der Waals surface area contributed by atoms with Gasteiger partial charge in [-0.2, -0.15) is 0 Å². The Hall–Kier alpha value is -8.94. The molecule has 0 spiro atoms. The minimum absolute atomic E-state index is 0.600. The molecule has 4 heterocycles. The van der Waals surface area contributed by atoms with E-state index in [1.165, 1.54) is 21.5 Å². The van der Waals surface area contributed by atoms with Crippen LogP contribution in [0, 0.1) is 0 Å². The summed E-state index contributed by atoms with van der Waals surface area (Å²) >= 11 is 0. The molecule has 0 N–H and O–H groups in total. The zero-order chi connectivity index (χ0) is 42.8. The summed E-state index contributed by atoms with van der Waals surface area (Å²) in [6.45, 7) is 0. The molecule has 7 nitrogen and oxygen atoms in total. The van der Waals surface area contributed by atoms with Crippen LogP contribution >= 0.6 is 0 Å². The van der Waals surface area contributed by atoms with E-state index in [0.29, 0.717) is 23.4 Å². The predicted octanol–water partition coefficient (Wildman–Crippen LogP) is 14.5. The van der Waals surface area contributed by atoms with Gasteiger partial charge in [0.2, 0.25) is 5.89 Å². The smallest absolute Gasteiger partial charge is 0.227 e. The Labute approximate surface area is 373 Å². The summed E-state index contributed by atoms with van der Waals surface area (Å²) in [7, 11) is 0. The minimum Gasteiger partial charge on any atom is -0.434 e. The van der Waals surface area contributed by atoms with Gasteiger partial charge in [0.25, 0.3) is 0 Å². The third-order valence-electron chi connectivity index (χ3n) is 12.4. The van der Waals surface area contributed by atoms with Crippen LogP contribution in [-0.4, -0.2) is 29.1 Å². The maximum Gasteiger partial charge on any atom is 0.227 e. The molecule has 0 unspecified atom stereocenters. The van der Waals surface area contributed by atoms with Gasteiger partial charge in [-0.1, -0.05) is 170 Å². The van der Waals surface area contributed by atoms with E-state index >= 15 is 0 Å². The first-order chi connectivity index (χ1) is 32.2. The van der Waals surface area contributed by atoms with Crippen LogP contribution in [0.3, 0.4) is 0 Å². The lowest BCUT2D eigenvalue weighted by Crippen LogP contribution is -2.00. The molecule has 0 bridgehead atoms. The van der Waals surface area contributed by atoms with Crippen molar-refractivity contribution in [2.24, 2.45) is 0 Å². The number of aromatic nitrogens is 6. The molecule has 0 fully saturated rings. The Kier molecular flexibility index (Phi) is 8.39. The van der Waals surface area contributed by atoms with E-state index in [0.717, 1.165) is 77.9 Å². The summed E-state index contributed by atoms with van der Waals surface area (Å²) in [6, 6.07) is 75.8. The average Bonchev–Trinajstić information content (AvgIpc) is 4.08. The van der Waals surface area contributed by atoms with Crippen LogP contribution in [0.4, 0.5) is 0 Å². The second-order valence-corrected chi connectivity index (χ2v) is 16.2. The molecule has 7 heteroatoms. The summed E-state index contributed by atoms with van der Waals surface area (Å²) in [5, 5.41) is 4.70. The first-order valence-electron chi connectivity index (χ1n) is 21.7. The van der Waals surface area contributed by atoms with Crippen LogP contribution in [0.5, 0.6) is 0 Å². The van der Waals surface area contributed by atoms with E-state index in [1.807, 2.05) is 97.1 Å². The SMILES string of the molecule is c1ccc(-c2nc(-c3ccccc3)nc(-c3ccc(-c4ccc(-n5c6ccccc6c6ccc7c8ccccc8n(-c8cccc9nc(-c%10ccccc%10)oc89)c7c65)cc4)cc3)n2)cc1. The van der Waals surface area contributed by atoms with E-state index in [9.17, 15) is 0 Å². The molecule has 0 aliphatic heterocycles. The van der Waals surface area contributed by atoms with Crippen molar-refractivity contribution in [3.63, 3.8) is 0 Å². The Morgan fingerprint density at radius 3 is 1.32 bits per heavy atom.